The van der Waals surface area contributed by atoms with Crippen LogP contribution in [-0.2, 0) is 10.0 Å². The molecule has 0 bridgehead atoms. The Morgan fingerprint density at radius 2 is 2.05 bits per heavy atom. The predicted molar refractivity (Wildman–Crippen MR) is 75.3 cm³/mol. The number of amides is 1. The van der Waals surface area contributed by atoms with Crippen LogP contribution in [0.2, 0.25) is 4.34 Å². The fourth-order valence-electron chi connectivity index (χ4n) is 1.53. The lowest BCUT2D eigenvalue weighted by Crippen LogP contribution is -2.41. The molecule has 0 aliphatic carbocycles. The molecule has 0 aromatic carbocycles. The molecule has 6 nitrogen and oxygen atoms in total. The first kappa shape index (κ1) is 15.0. The van der Waals surface area contributed by atoms with Crippen LogP contribution in [-0.4, -0.2) is 14.3 Å². The Balaban J connectivity index is 2.09. The Hall–Kier alpha value is -1.35. The number of aryl methyl sites for hydroxylation is 2. The lowest BCUT2D eigenvalue weighted by atomic mass is 10.2. The van der Waals surface area contributed by atoms with E-state index in [1.54, 1.807) is 13.8 Å². The van der Waals surface area contributed by atoms with Gasteiger partial charge in [-0.25, -0.2) is 8.42 Å². The van der Waals surface area contributed by atoms with Crippen molar-refractivity contribution in [2.75, 3.05) is 0 Å². The molecule has 2 aromatic rings. The number of halogens is 1. The fraction of sp³-hybridized carbons (Fsp3) is 0.182. The Labute approximate surface area is 124 Å². The van der Waals surface area contributed by atoms with E-state index in [2.05, 4.69) is 5.43 Å². The summed E-state index contributed by atoms with van der Waals surface area (Å²) >= 11 is 6.57. The van der Waals surface area contributed by atoms with Crippen LogP contribution in [0.1, 0.15) is 21.9 Å². The highest BCUT2D eigenvalue weighted by Crippen LogP contribution is 2.25. The van der Waals surface area contributed by atoms with Gasteiger partial charge < -0.3 is 4.42 Å². The number of hydrogen-bond acceptors (Lipinski definition) is 5. The summed E-state index contributed by atoms with van der Waals surface area (Å²) in [5, 5.41) is 0. The second-order valence-corrected chi connectivity index (χ2v) is 7.57. The van der Waals surface area contributed by atoms with Crippen LogP contribution in [0.4, 0.5) is 0 Å². The lowest BCUT2D eigenvalue weighted by Gasteiger charge is -2.06. The van der Waals surface area contributed by atoms with Crippen molar-refractivity contribution in [3.05, 3.63) is 39.6 Å². The summed E-state index contributed by atoms with van der Waals surface area (Å²) in [5.41, 5.74) is 2.40. The van der Waals surface area contributed by atoms with Crippen molar-refractivity contribution in [3.63, 3.8) is 0 Å². The van der Waals surface area contributed by atoms with Crippen LogP contribution < -0.4 is 10.3 Å². The summed E-state index contributed by atoms with van der Waals surface area (Å²) in [6.45, 7) is 3.32. The molecule has 2 N–H and O–H groups in total. The minimum atomic E-state index is -3.83. The zero-order valence-corrected chi connectivity index (χ0v) is 12.9. The third kappa shape index (κ3) is 3.21. The van der Waals surface area contributed by atoms with Gasteiger partial charge in [-0.15, -0.1) is 16.2 Å². The molecule has 1 amide bonds. The van der Waals surface area contributed by atoms with Crippen LogP contribution in [0.5, 0.6) is 0 Å². The molecule has 0 aliphatic rings. The van der Waals surface area contributed by atoms with E-state index in [1.807, 2.05) is 4.83 Å². The minimum absolute atomic E-state index is 0.0166. The maximum absolute atomic E-state index is 11.9. The van der Waals surface area contributed by atoms with Gasteiger partial charge in [-0.1, -0.05) is 11.6 Å². The van der Waals surface area contributed by atoms with Gasteiger partial charge in [-0.3, -0.25) is 10.2 Å². The number of rotatable bonds is 4. The SMILES string of the molecule is Cc1cc(C(=O)NNS(=O)(=O)c2ccc(Cl)s2)c(C)o1. The van der Waals surface area contributed by atoms with E-state index in [1.165, 1.54) is 18.2 Å². The van der Waals surface area contributed by atoms with Crippen LogP contribution in [0.15, 0.2) is 26.8 Å². The van der Waals surface area contributed by atoms with Crippen LogP contribution >= 0.6 is 22.9 Å². The highest BCUT2D eigenvalue weighted by molar-refractivity contribution is 7.91. The van der Waals surface area contributed by atoms with E-state index >= 15 is 0 Å². The normalized spacial score (nSPS) is 11.6. The van der Waals surface area contributed by atoms with Crippen molar-refractivity contribution in [1.82, 2.24) is 10.3 Å². The third-order valence-electron chi connectivity index (χ3n) is 2.40. The van der Waals surface area contributed by atoms with Crippen molar-refractivity contribution in [2.45, 2.75) is 18.1 Å². The maximum atomic E-state index is 11.9. The molecule has 2 rings (SSSR count). The summed E-state index contributed by atoms with van der Waals surface area (Å²) in [7, 11) is -3.83. The second kappa shape index (κ2) is 5.57. The molecule has 108 valence electrons. The predicted octanol–water partition coefficient (Wildman–Crippen LogP) is 2.23. The molecule has 0 saturated heterocycles. The van der Waals surface area contributed by atoms with Gasteiger partial charge in [0.15, 0.2) is 0 Å². The second-order valence-electron chi connectivity index (χ2n) is 3.95. The molecular formula is C11H11ClN2O4S2. The van der Waals surface area contributed by atoms with E-state index in [0.29, 0.717) is 15.9 Å². The number of thiophene rings is 1. The smallest absolute Gasteiger partial charge is 0.269 e. The standard InChI is InChI=1S/C11H11ClN2O4S2/c1-6-5-8(7(2)18-6)11(15)13-14-20(16,17)10-4-3-9(12)19-10/h3-5,14H,1-2H3,(H,13,15). The quantitative estimate of drug-likeness (QED) is 0.839. The summed E-state index contributed by atoms with van der Waals surface area (Å²) in [5.74, 6) is 0.393. The molecule has 2 heterocycles. The average Bonchev–Trinajstić information content (AvgIpc) is 2.93. The number of carbonyl (C=O) groups excluding carboxylic acids is 1. The van der Waals surface area contributed by atoms with Gasteiger partial charge in [0.1, 0.15) is 15.7 Å². The van der Waals surface area contributed by atoms with Crippen molar-refractivity contribution in [2.24, 2.45) is 0 Å². The number of hydrogen-bond donors (Lipinski definition) is 2. The van der Waals surface area contributed by atoms with Gasteiger partial charge >= 0.3 is 0 Å². The Kier molecular flexibility index (Phi) is 4.19. The maximum Gasteiger partial charge on any atom is 0.269 e. The van der Waals surface area contributed by atoms with E-state index in [-0.39, 0.29) is 9.77 Å². The Morgan fingerprint density at radius 1 is 1.35 bits per heavy atom. The molecule has 0 radical (unpaired) electrons. The van der Waals surface area contributed by atoms with Crippen LogP contribution in [0, 0.1) is 13.8 Å². The number of carbonyl (C=O) groups is 1. The third-order valence-corrected chi connectivity index (χ3v) is 5.37. The van der Waals surface area contributed by atoms with Crippen LogP contribution in [0.25, 0.3) is 0 Å². The van der Waals surface area contributed by atoms with E-state index in [4.69, 9.17) is 16.0 Å². The first-order valence-corrected chi connectivity index (χ1v) is 8.12. The van der Waals surface area contributed by atoms with Crippen molar-refractivity contribution in [1.29, 1.82) is 0 Å². The summed E-state index contributed by atoms with van der Waals surface area (Å²) < 4.78 is 29.3. The molecule has 0 spiro atoms. The lowest BCUT2D eigenvalue weighted by molar-refractivity contribution is 0.0943. The Bertz CT molecular complexity index is 748. The minimum Gasteiger partial charge on any atom is -0.466 e. The van der Waals surface area contributed by atoms with E-state index in [0.717, 1.165) is 11.3 Å². The number of furan rings is 1. The number of sulfonamides is 1. The summed E-state index contributed by atoms with van der Waals surface area (Å²) in [6, 6.07) is 4.35. The van der Waals surface area contributed by atoms with Gasteiger partial charge in [0.2, 0.25) is 0 Å². The first-order valence-electron chi connectivity index (χ1n) is 5.44. The molecule has 0 fully saturated rings. The van der Waals surface area contributed by atoms with Crippen molar-refractivity contribution < 1.29 is 17.6 Å². The molecule has 0 unspecified atom stereocenters. The number of hydrazine groups is 1. The van der Waals surface area contributed by atoms with Gasteiger partial charge in [-0.2, -0.15) is 0 Å². The molecule has 2 aromatic heterocycles. The molecular weight excluding hydrogens is 324 g/mol. The van der Waals surface area contributed by atoms with Crippen molar-refractivity contribution >= 4 is 38.9 Å². The van der Waals surface area contributed by atoms with Gasteiger partial charge in [-0.05, 0) is 32.0 Å². The monoisotopic (exact) mass is 334 g/mol. The molecule has 0 aliphatic heterocycles. The zero-order valence-electron chi connectivity index (χ0n) is 10.6. The van der Waals surface area contributed by atoms with E-state index in [9.17, 15) is 13.2 Å². The summed E-state index contributed by atoms with van der Waals surface area (Å²) in [4.78, 5) is 13.8. The molecule has 0 saturated carbocycles. The Morgan fingerprint density at radius 3 is 2.55 bits per heavy atom. The van der Waals surface area contributed by atoms with Gasteiger partial charge in [0, 0.05) is 0 Å². The highest BCUT2D eigenvalue weighted by atomic mass is 35.5. The average molecular weight is 335 g/mol. The van der Waals surface area contributed by atoms with Crippen molar-refractivity contribution in [3.8, 4) is 0 Å². The highest BCUT2D eigenvalue weighted by Gasteiger charge is 2.19. The van der Waals surface area contributed by atoms with Crippen LogP contribution in [0.3, 0.4) is 0 Å². The number of nitrogens with one attached hydrogen (secondary N) is 2. The first-order chi connectivity index (χ1) is 9.29. The molecule has 9 heteroatoms. The molecule has 0 atom stereocenters. The van der Waals surface area contributed by atoms with Gasteiger partial charge in [0.05, 0.1) is 9.90 Å². The topological polar surface area (TPSA) is 88.4 Å². The van der Waals surface area contributed by atoms with Gasteiger partial charge in [0.25, 0.3) is 15.9 Å². The largest absolute Gasteiger partial charge is 0.466 e. The summed E-state index contributed by atoms with van der Waals surface area (Å²) in [6.07, 6.45) is 0. The fourth-order valence-corrected chi connectivity index (χ4v) is 3.85. The van der Waals surface area contributed by atoms with E-state index < -0.39 is 15.9 Å². The zero-order chi connectivity index (χ0) is 14.9. The molecule has 20 heavy (non-hydrogen) atoms.